The maximum atomic E-state index is 11.7. The number of nitrogens with two attached hydrogens (primary N) is 1. The van der Waals surface area contributed by atoms with Gasteiger partial charge in [0.2, 0.25) is 5.95 Å². The number of nitrogen functional groups attached to an aromatic ring is 1. The fourth-order valence-corrected chi connectivity index (χ4v) is 1.47. The van der Waals surface area contributed by atoms with Gasteiger partial charge in [0.05, 0.1) is 6.61 Å². The second-order valence-corrected chi connectivity index (χ2v) is 3.72. The van der Waals surface area contributed by atoms with Crippen LogP contribution < -0.4 is 10.5 Å². The lowest BCUT2D eigenvalue weighted by atomic mass is 10.2. The Morgan fingerprint density at radius 2 is 2.16 bits per heavy atom. The van der Waals surface area contributed by atoms with Crippen LogP contribution in [-0.4, -0.2) is 27.3 Å². The van der Waals surface area contributed by atoms with Crippen LogP contribution in [0.5, 0.6) is 5.75 Å². The molecule has 2 N–H and O–H groups in total. The van der Waals surface area contributed by atoms with Crippen LogP contribution >= 0.6 is 0 Å². The average molecular weight is 258 g/mol. The van der Waals surface area contributed by atoms with Gasteiger partial charge in [0.15, 0.2) is 0 Å². The van der Waals surface area contributed by atoms with Gasteiger partial charge in [-0.05, 0) is 30.7 Å². The van der Waals surface area contributed by atoms with Crippen molar-refractivity contribution in [3.05, 3.63) is 42.2 Å². The normalized spacial score (nSPS) is 10.8. The minimum atomic E-state index is -0.307. The van der Waals surface area contributed by atoms with E-state index in [2.05, 4.69) is 10.1 Å². The van der Waals surface area contributed by atoms with Gasteiger partial charge in [0.1, 0.15) is 12.1 Å². The Morgan fingerprint density at radius 3 is 2.74 bits per heavy atom. The van der Waals surface area contributed by atoms with E-state index in [9.17, 15) is 4.79 Å². The number of hydrogen-bond donors (Lipinski definition) is 1. The van der Waals surface area contributed by atoms with E-state index < -0.39 is 0 Å². The molecule has 0 amide bonds. The van der Waals surface area contributed by atoms with Gasteiger partial charge in [0, 0.05) is 6.08 Å². The molecule has 2 rings (SSSR count). The summed E-state index contributed by atoms with van der Waals surface area (Å²) in [5.74, 6) is 0.566. The van der Waals surface area contributed by atoms with Crippen LogP contribution in [0.1, 0.15) is 17.3 Å². The summed E-state index contributed by atoms with van der Waals surface area (Å²) >= 11 is 0. The van der Waals surface area contributed by atoms with E-state index in [1.807, 2.05) is 31.2 Å². The zero-order valence-electron chi connectivity index (χ0n) is 10.5. The molecule has 0 unspecified atom stereocenters. The zero-order valence-corrected chi connectivity index (χ0v) is 10.5. The molecule has 1 aromatic heterocycles. The maximum Gasteiger partial charge on any atom is 0.272 e. The van der Waals surface area contributed by atoms with Gasteiger partial charge < -0.3 is 10.5 Å². The zero-order chi connectivity index (χ0) is 13.7. The van der Waals surface area contributed by atoms with Crippen molar-refractivity contribution < 1.29 is 9.53 Å². The number of allylic oxidation sites excluding steroid dienone is 1. The summed E-state index contributed by atoms with van der Waals surface area (Å²) in [6.45, 7) is 2.55. The molecule has 0 radical (unpaired) electrons. The lowest BCUT2D eigenvalue weighted by Gasteiger charge is -2.02. The van der Waals surface area contributed by atoms with Gasteiger partial charge in [-0.2, -0.15) is 4.68 Å². The SMILES string of the molecule is CCOc1ccc(/C=C/C(=O)n2cnc(N)n2)cc1. The molecular formula is C13H14N4O2. The van der Waals surface area contributed by atoms with Crippen LogP contribution in [0.3, 0.4) is 0 Å². The Kier molecular flexibility index (Phi) is 3.92. The van der Waals surface area contributed by atoms with Crippen molar-refractivity contribution in [2.45, 2.75) is 6.92 Å². The first kappa shape index (κ1) is 12.8. The average Bonchev–Trinajstić information content (AvgIpc) is 2.85. The number of anilines is 1. The Morgan fingerprint density at radius 1 is 1.42 bits per heavy atom. The largest absolute Gasteiger partial charge is 0.494 e. The number of benzene rings is 1. The molecule has 0 saturated heterocycles. The summed E-state index contributed by atoms with van der Waals surface area (Å²) in [4.78, 5) is 15.4. The highest BCUT2D eigenvalue weighted by atomic mass is 16.5. The van der Waals surface area contributed by atoms with Crippen LogP contribution in [0.25, 0.3) is 6.08 Å². The lowest BCUT2D eigenvalue weighted by molar-refractivity contribution is 0.0955. The molecule has 6 nitrogen and oxygen atoms in total. The van der Waals surface area contributed by atoms with Crippen molar-refractivity contribution in [3.63, 3.8) is 0 Å². The highest BCUT2D eigenvalue weighted by Crippen LogP contribution is 2.13. The molecule has 0 fully saturated rings. The lowest BCUT2D eigenvalue weighted by Crippen LogP contribution is -2.08. The fraction of sp³-hybridized carbons (Fsp3) is 0.154. The second kappa shape index (κ2) is 5.81. The smallest absolute Gasteiger partial charge is 0.272 e. The van der Waals surface area contributed by atoms with E-state index in [0.29, 0.717) is 6.61 Å². The molecule has 0 saturated carbocycles. The first-order valence-electron chi connectivity index (χ1n) is 5.81. The Hall–Kier alpha value is -2.63. The minimum Gasteiger partial charge on any atom is -0.494 e. The first-order chi connectivity index (χ1) is 9.19. The number of ether oxygens (including phenoxy) is 1. The van der Waals surface area contributed by atoms with E-state index in [1.54, 1.807) is 6.08 Å². The highest BCUT2D eigenvalue weighted by Gasteiger charge is 2.02. The summed E-state index contributed by atoms with van der Waals surface area (Å²) in [5.41, 5.74) is 6.23. The molecule has 6 heteroatoms. The van der Waals surface area contributed by atoms with Gasteiger partial charge >= 0.3 is 0 Å². The predicted molar refractivity (Wildman–Crippen MR) is 71.7 cm³/mol. The minimum absolute atomic E-state index is 0.0721. The molecule has 1 aromatic carbocycles. The summed E-state index contributed by atoms with van der Waals surface area (Å²) in [6, 6.07) is 7.43. The van der Waals surface area contributed by atoms with Crippen LogP contribution in [0.4, 0.5) is 5.95 Å². The molecule has 0 aliphatic heterocycles. The van der Waals surface area contributed by atoms with Crippen molar-refractivity contribution in [2.75, 3.05) is 12.3 Å². The summed E-state index contributed by atoms with van der Waals surface area (Å²) < 4.78 is 6.41. The molecule has 0 aliphatic carbocycles. The topological polar surface area (TPSA) is 83.0 Å². The van der Waals surface area contributed by atoms with E-state index in [0.717, 1.165) is 16.0 Å². The van der Waals surface area contributed by atoms with Crippen LogP contribution in [0.2, 0.25) is 0 Å². The number of carbonyl (C=O) groups excluding carboxylic acids is 1. The third kappa shape index (κ3) is 3.41. The number of nitrogens with zero attached hydrogens (tertiary/aromatic N) is 3. The Balaban J connectivity index is 2.03. The van der Waals surface area contributed by atoms with E-state index in [4.69, 9.17) is 10.5 Å². The summed E-state index contributed by atoms with van der Waals surface area (Å²) in [6.07, 6.45) is 4.37. The molecule has 2 aromatic rings. The molecule has 0 bridgehead atoms. The molecule has 19 heavy (non-hydrogen) atoms. The molecule has 0 aliphatic rings. The van der Waals surface area contributed by atoms with Crippen molar-refractivity contribution in [1.29, 1.82) is 0 Å². The number of carbonyl (C=O) groups is 1. The van der Waals surface area contributed by atoms with Gasteiger partial charge in [0.25, 0.3) is 5.91 Å². The van der Waals surface area contributed by atoms with Crippen LogP contribution in [-0.2, 0) is 0 Å². The number of rotatable bonds is 4. The monoisotopic (exact) mass is 258 g/mol. The quantitative estimate of drug-likeness (QED) is 0.842. The van der Waals surface area contributed by atoms with E-state index >= 15 is 0 Å². The van der Waals surface area contributed by atoms with Crippen molar-refractivity contribution >= 4 is 17.9 Å². The van der Waals surface area contributed by atoms with Gasteiger partial charge in [-0.1, -0.05) is 12.1 Å². The third-order valence-corrected chi connectivity index (χ3v) is 2.34. The predicted octanol–water partition coefficient (Wildman–Crippen LogP) is 1.61. The first-order valence-corrected chi connectivity index (χ1v) is 5.81. The summed E-state index contributed by atoms with van der Waals surface area (Å²) in [5, 5.41) is 3.72. The van der Waals surface area contributed by atoms with Crippen molar-refractivity contribution in [1.82, 2.24) is 14.8 Å². The van der Waals surface area contributed by atoms with Gasteiger partial charge in [-0.25, -0.2) is 4.98 Å². The standard InChI is InChI=1S/C13H14N4O2/c1-2-19-11-6-3-10(4-7-11)5-8-12(18)17-9-15-13(14)16-17/h3-9H,2H2,1H3,(H2,14,16)/b8-5+. The highest BCUT2D eigenvalue weighted by molar-refractivity contribution is 5.93. The Bertz CT molecular complexity index is 587. The molecular weight excluding hydrogens is 244 g/mol. The van der Waals surface area contributed by atoms with Crippen molar-refractivity contribution in [2.24, 2.45) is 0 Å². The van der Waals surface area contributed by atoms with E-state index in [1.165, 1.54) is 12.4 Å². The third-order valence-electron chi connectivity index (χ3n) is 2.34. The van der Waals surface area contributed by atoms with Gasteiger partial charge in [-0.3, -0.25) is 4.79 Å². The van der Waals surface area contributed by atoms with Crippen molar-refractivity contribution in [3.8, 4) is 5.75 Å². The second-order valence-electron chi connectivity index (χ2n) is 3.72. The number of aromatic nitrogens is 3. The Labute approximate surface area is 110 Å². The molecule has 1 heterocycles. The van der Waals surface area contributed by atoms with Crippen LogP contribution in [0.15, 0.2) is 36.7 Å². The fourth-order valence-electron chi connectivity index (χ4n) is 1.47. The van der Waals surface area contributed by atoms with E-state index in [-0.39, 0.29) is 11.9 Å². The van der Waals surface area contributed by atoms with Gasteiger partial charge in [-0.15, -0.1) is 5.10 Å². The molecule has 98 valence electrons. The van der Waals surface area contributed by atoms with Crippen LogP contribution in [0, 0.1) is 0 Å². The molecule has 0 atom stereocenters. The number of hydrogen-bond acceptors (Lipinski definition) is 5. The maximum absolute atomic E-state index is 11.7. The summed E-state index contributed by atoms with van der Waals surface area (Å²) in [7, 11) is 0. The molecule has 0 spiro atoms.